The van der Waals surface area contributed by atoms with Crippen LogP contribution in [-0.4, -0.2) is 27.8 Å². The van der Waals surface area contributed by atoms with Crippen molar-refractivity contribution < 1.29 is 9.53 Å². The summed E-state index contributed by atoms with van der Waals surface area (Å²) in [6.07, 6.45) is 1.52. The van der Waals surface area contributed by atoms with Gasteiger partial charge in [-0.15, -0.1) is 0 Å². The van der Waals surface area contributed by atoms with Gasteiger partial charge in [0, 0.05) is 12.6 Å². The van der Waals surface area contributed by atoms with E-state index >= 15 is 0 Å². The highest BCUT2D eigenvalue weighted by molar-refractivity contribution is 7.80. The molecule has 0 fully saturated rings. The maximum absolute atomic E-state index is 12.2. The predicted molar refractivity (Wildman–Crippen MR) is 80.0 cm³/mol. The lowest BCUT2D eigenvalue weighted by molar-refractivity contribution is 0.102. The van der Waals surface area contributed by atoms with Gasteiger partial charge >= 0.3 is 0 Å². The Morgan fingerprint density at radius 2 is 2.25 bits per heavy atom. The topological polar surface area (TPSA) is 82.2 Å². The van der Waals surface area contributed by atoms with Gasteiger partial charge in [-0.25, -0.2) is 0 Å². The third kappa shape index (κ3) is 2.77. The monoisotopic (exact) mass is 290 g/mol. The number of amides is 1. The van der Waals surface area contributed by atoms with Gasteiger partial charge in [0.25, 0.3) is 5.91 Å². The zero-order valence-corrected chi connectivity index (χ0v) is 11.9. The molecule has 1 heterocycles. The highest BCUT2D eigenvalue weighted by atomic mass is 32.1. The summed E-state index contributed by atoms with van der Waals surface area (Å²) >= 11 is 4.93. The van der Waals surface area contributed by atoms with E-state index < -0.39 is 0 Å². The first-order valence-electron chi connectivity index (χ1n) is 5.80. The van der Waals surface area contributed by atoms with Gasteiger partial charge < -0.3 is 15.8 Å². The first-order chi connectivity index (χ1) is 9.52. The summed E-state index contributed by atoms with van der Waals surface area (Å²) in [6.45, 7) is 0. The standard InChI is InChI=1S/C13H14N4O2S/c1-17-12(10(7-15-17)11(14)20)16-13(18)8-4-3-5-9(6-8)19-2/h3-7H,1-2H3,(H2,14,20)(H,16,18). The second-order valence-corrected chi connectivity index (χ2v) is 4.52. The molecule has 7 heteroatoms. The third-order valence-electron chi connectivity index (χ3n) is 2.77. The van der Waals surface area contributed by atoms with Crippen LogP contribution in [0.3, 0.4) is 0 Å². The molecule has 0 atom stereocenters. The Morgan fingerprint density at radius 1 is 1.50 bits per heavy atom. The number of methoxy groups -OCH3 is 1. The van der Waals surface area contributed by atoms with E-state index in [1.54, 1.807) is 38.4 Å². The number of carbonyl (C=O) groups excluding carboxylic acids is 1. The van der Waals surface area contributed by atoms with Crippen LogP contribution in [0.25, 0.3) is 0 Å². The van der Waals surface area contributed by atoms with E-state index in [4.69, 9.17) is 22.7 Å². The molecule has 2 aromatic rings. The Labute approximate surface area is 121 Å². The molecular formula is C13H14N4O2S. The number of carbonyl (C=O) groups is 1. The summed E-state index contributed by atoms with van der Waals surface area (Å²) < 4.78 is 6.59. The maximum Gasteiger partial charge on any atom is 0.256 e. The Bertz CT molecular complexity index is 666. The summed E-state index contributed by atoms with van der Waals surface area (Å²) in [6, 6.07) is 6.84. The lowest BCUT2D eigenvalue weighted by Crippen LogP contribution is -2.18. The Balaban J connectivity index is 2.27. The second kappa shape index (κ2) is 5.70. The summed E-state index contributed by atoms with van der Waals surface area (Å²) in [5, 5.41) is 6.77. The van der Waals surface area contributed by atoms with Crippen LogP contribution in [0, 0.1) is 0 Å². The fraction of sp³-hybridized carbons (Fsp3) is 0.154. The van der Waals surface area contributed by atoms with E-state index in [0.717, 1.165) is 0 Å². The van der Waals surface area contributed by atoms with Gasteiger partial charge in [0.15, 0.2) is 0 Å². The largest absolute Gasteiger partial charge is 0.497 e. The molecule has 0 saturated carbocycles. The zero-order chi connectivity index (χ0) is 14.7. The molecule has 2 rings (SSSR count). The number of aryl methyl sites for hydroxylation is 1. The van der Waals surface area contributed by atoms with Gasteiger partial charge in [0.1, 0.15) is 16.6 Å². The van der Waals surface area contributed by atoms with Crippen LogP contribution in [0.1, 0.15) is 15.9 Å². The molecule has 0 aliphatic heterocycles. The van der Waals surface area contributed by atoms with Crippen molar-refractivity contribution in [2.45, 2.75) is 0 Å². The van der Waals surface area contributed by atoms with Crippen LogP contribution >= 0.6 is 12.2 Å². The van der Waals surface area contributed by atoms with Gasteiger partial charge in [-0.1, -0.05) is 18.3 Å². The normalized spacial score (nSPS) is 10.1. The molecule has 0 spiro atoms. The Kier molecular flexibility index (Phi) is 3.99. The quantitative estimate of drug-likeness (QED) is 0.830. The Hall–Kier alpha value is -2.41. The number of nitrogens with one attached hydrogen (secondary N) is 1. The number of benzene rings is 1. The Morgan fingerprint density at radius 3 is 2.90 bits per heavy atom. The number of anilines is 1. The molecule has 0 radical (unpaired) electrons. The van der Waals surface area contributed by atoms with E-state index in [1.807, 2.05) is 0 Å². The van der Waals surface area contributed by atoms with Crippen LogP contribution in [0.2, 0.25) is 0 Å². The smallest absolute Gasteiger partial charge is 0.256 e. The predicted octanol–water partition coefficient (Wildman–Crippen LogP) is 1.32. The van der Waals surface area contributed by atoms with Crippen LogP contribution in [0.4, 0.5) is 5.82 Å². The average molecular weight is 290 g/mol. The molecule has 0 bridgehead atoms. The lowest BCUT2D eigenvalue weighted by atomic mass is 10.2. The number of aromatic nitrogens is 2. The minimum absolute atomic E-state index is 0.180. The van der Waals surface area contributed by atoms with Crippen molar-refractivity contribution in [3.63, 3.8) is 0 Å². The van der Waals surface area contributed by atoms with Crippen LogP contribution in [-0.2, 0) is 7.05 Å². The summed E-state index contributed by atoms with van der Waals surface area (Å²) in [5.74, 6) is 0.785. The van der Waals surface area contributed by atoms with Crippen molar-refractivity contribution in [3.8, 4) is 5.75 Å². The van der Waals surface area contributed by atoms with Crippen molar-refractivity contribution in [1.29, 1.82) is 0 Å². The highest BCUT2D eigenvalue weighted by Crippen LogP contribution is 2.17. The molecule has 0 aliphatic carbocycles. The van der Waals surface area contributed by atoms with Gasteiger partial charge in [-0.2, -0.15) is 5.10 Å². The number of hydrogen-bond acceptors (Lipinski definition) is 4. The van der Waals surface area contributed by atoms with E-state index in [1.165, 1.54) is 10.9 Å². The first-order valence-corrected chi connectivity index (χ1v) is 6.21. The molecule has 1 amide bonds. The fourth-order valence-electron chi connectivity index (χ4n) is 1.71. The number of nitrogens with two attached hydrogens (primary N) is 1. The van der Waals surface area contributed by atoms with Crippen molar-refractivity contribution in [2.24, 2.45) is 12.8 Å². The maximum atomic E-state index is 12.2. The SMILES string of the molecule is COc1cccc(C(=O)Nc2c(C(N)=S)cnn2C)c1. The fourth-order valence-corrected chi connectivity index (χ4v) is 1.86. The number of rotatable bonds is 4. The van der Waals surface area contributed by atoms with Crippen molar-refractivity contribution in [2.75, 3.05) is 12.4 Å². The molecule has 20 heavy (non-hydrogen) atoms. The molecule has 1 aromatic carbocycles. The van der Waals surface area contributed by atoms with Crippen molar-refractivity contribution in [1.82, 2.24) is 9.78 Å². The van der Waals surface area contributed by atoms with Crippen LogP contribution < -0.4 is 15.8 Å². The molecule has 6 nitrogen and oxygen atoms in total. The number of thiocarbonyl (C=S) groups is 1. The highest BCUT2D eigenvalue weighted by Gasteiger charge is 2.15. The van der Waals surface area contributed by atoms with E-state index in [9.17, 15) is 4.79 Å². The lowest BCUT2D eigenvalue weighted by Gasteiger charge is -2.08. The van der Waals surface area contributed by atoms with Crippen molar-refractivity contribution >= 4 is 28.9 Å². The van der Waals surface area contributed by atoms with Crippen LogP contribution in [0.5, 0.6) is 5.75 Å². The summed E-state index contributed by atoms with van der Waals surface area (Å²) in [5.41, 5.74) is 6.59. The number of nitrogens with zero attached hydrogens (tertiary/aromatic N) is 2. The van der Waals surface area contributed by atoms with E-state index in [-0.39, 0.29) is 10.9 Å². The molecule has 0 saturated heterocycles. The van der Waals surface area contributed by atoms with Gasteiger partial charge in [0.05, 0.1) is 18.9 Å². The third-order valence-corrected chi connectivity index (χ3v) is 2.99. The molecule has 3 N–H and O–H groups in total. The minimum atomic E-state index is -0.287. The molecule has 0 aliphatic rings. The molecule has 104 valence electrons. The van der Waals surface area contributed by atoms with E-state index in [2.05, 4.69) is 10.4 Å². The number of ether oxygens (including phenoxy) is 1. The second-order valence-electron chi connectivity index (χ2n) is 4.08. The van der Waals surface area contributed by atoms with Crippen LogP contribution in [0.15, 0.2) is 30.5 Å². The van der Waals surface area contributed by atoms with E-state index in [0.29, 0.717) is 22.7 Å². The van der Waals surface area contributed by atoms with Crippen molar-refractivity contribution in [3.05, 3.63) is 41.6 Å². The molecule has 1 aromatic heterocycles. The number of hydrogen-bond donors (Lipinski definition) is 2. The van der Waals surface area contributed by atoms with Gasteiger partial charge in [-0.05, 0) is 18.2 Å². The molecule has 0 unspecified atom stereocenters. The van der Waals surface area contributed by atoms with Gasteiger partial charge in [0.2, 0.25) is 0 Å². The minimum Gasteiger partial charge on any atom is -0.497 e. The average Bonchev–Trinajstić information content (AvgIpc) is 2.80. The van der Waals surface area contributed by atoms with Gasteiger partial charge in [-0.3, -0.25) is 9.48 Å². The summed E-state index contributed by atoms with van der Waals surface area (Å²) in [7, 11) is 3.24. The molecular weight excluding hydrogens is 276 g/mol. The summed E-state index contributed by atoms with van der Waals surface area (Å²) in [4.78, 5) is 12.4. The first kappa shape index (κ1) is 14.0. The zero-order valence-electron chi connectivity index (χ0n) is 11.1.